The van der Waals surface area contributed by atoms with Crippen molar-refractivity contribution in [3.63, 3.8) is 0 Å². The summed E-state index contributed by atoms with van der Waals surface area (Å²) in [5, 5.41) is 15.1. The number of rotatable bonds is 5. The predicted octanol–water partition coefficient (Wildman–Crippen LogP) is 1.44. The van der Waals surface area contributed by atoms with Crippen molar-refractivity contribution in [3.05, 3.63) is 35.9 Å². The molecule has 1 saturated heterocycles. The summed E-state index contributed by atoms with van der Waals surface area (Å²) in [4.78, 5) is 12.0. The van der Waals surface area contributed by atoms with Crippen LogP contribution in [0.25, 0.3) is 0 Å². The van der Waals surface area contributed by atoms with Crippen LogP contribution in [0.15, 0.2) is 30.3 Å². The molecule has 110 valence electrons. The van der Waals surface area contributed by atoms with Gasteiger partial charge < -0.3 is 20.5 Å². The van der Waals surface area contributed by atoms with E-state index in [9.17, 15) is 9.90 Å². The van der Waals surface area contributed by atoms with Crippen LogP contribution in [0.5, 0.6) is 0 Å². The molecule has 2 amide bonds. The number of hydrogen-bond acceptors (Lipinski definition) is 3. The highest BCUT2D eigenvalue weighted by molar-refractivity contribution is 5.74. The van der Waals surface area contributed by atoms with Gasteiger partial charge in [0.15, 0.2) is 0 Å². The van der Waals surface area contributed by atoms with Crippen molar-refractivity contribution in [3.8, 4) is 0 Å². The molecule has 1 aromatic carbocycles. The molecule has 0 bridgehead atoms. The Morgan fingerprint density at radius 1 is 1.40 bits per heavy atom. The number of hydrogen-bond donors (Lipinski definition) is 3. The van der Waals surface area contributed by atoms with Crippen molar-refractivity contribution in [1.29, 1.82) is 0 Å². The van der Waals surface area contributed by atoms with Gasteiger partial charge in [-0.05, 0) is 18.9 Å². The van der Waals surface area contributed by atoms with Crippen LogP contribution in [0.3, 0.4) is 0 Å². The number of carbonyl (C=O) groups excluding carboxylic acids is 1. The minimum absolute atomic E-state index is 0.0626. The number of urea groups is 1. The molecule has 0 radical (unpaired) electrons. The molecule has 5 nitrogen and oxygen atoms in total. The SMILES string of the molecule is C[C@@H](NC(=O)N[C@H](CO)c1ccccc1)[C@@H]1CCOC1. The van der Waals surface area contributed by atoms with Crippen LogP contribution in [-0.4, -0.2) is 37.0 Å². The Morgan fingerprint density at radius 2 is 2.15 bits per heavy atom. The summed E-state index contributed by atoms with van der Waals surface area (Å²) in [6, 6.07) is 8.86. The van der Waals surface area contributed by atoms with E-state index in [-0.39, 0.29) is 24.7 Å². The highest BCUT2D eigenvalue weighted by Gasteiger charge is 2.24. The first-order valence-electron chi connectivity index (χ1n) is 7.01. The van der Waals surface area contributed by atoms with Gasteiger partial charge >= 0.3 is 6.03 Å². The van der Waals surface area contributed by atoms with Crippen molar-refractivity contribution in [2.75, 3.05) is 19.8 Å². The van der Waals surface area contributed by atoms with Crippen molar-refractivity contribution >= 4 is 6.03 Å². The topological polar surface area (TPSA) is 70.6 Å². The fraction of sp³-hybridized carbons (Fsp3) is 0.533. The van der Waals surface area contributed by atoms with Crippen molar-refractivity contribution < 1.29 is 14.6 Å². The molecule has 1 aliphatic heterocycles. The molecule has 0 unspecified atom stereocenters. The molecule has 0 aliphatic carbocycles. The first-order valence-corrected chi connectivity index (χ1v) is 7.01. The average Bonchev–Trinajstić information content (AvgIpc) is 3.00. The lowest BCUT2D eigenvalue weighted by atomic mass is 10.0. The van der Waals surface area contributed by atoms with Gasteiger partial charge in [0.25, 0.3) is 0 Å². The summed E-state index contributed by atoms with van der Waals surface area (Å²) < 4.78 is 5.32. The molecule has 0 saturated carbocycles. The molecule has 1 fully saturated rings. The number of ether oxygens (including phenoxy) is 1. The monoisotopic (exact) mass is 278 g/mol. The second-order valence-corrected chi connectivity index (χ2v) is 5.18. The van der Waals surface area contributed by atoms with Gasteiger partial charge in [-0.15, -0.1) is 0 Å². The molecule has 1 aliphatic rings. The summed E-state index contributed by atoms with van der Waals surface area (Å²) in [6.07, 6.45) is 0.976. The van der Waals surface area contributed by atoms with Gasteiger partial charge in [-0.1, -0.05) is 30.3 Å². The maximum atomic E-state index is 12.0. The molecule has 3 N–H and O–H groups in total. The lowest BCUT2D eigenvalue weighted by molar-refractivity contribution is 0.176. The smallest absolute Gasteiger partial charge is 0.315 e. The van der Waals surface area contributed by atoms with E-state index in [2.05, 4.69) is 10.6 Å². The van der Waals surface area contributed by atoms with E-state index in [1.54, 1.807) is 0 Å². The zero-order valence-electron chi connectivity index (χ0n) is 11.7. The fourth-order valence-corrected chi connectivity index (χ4v) is 2.39. The fourth-order valence-electron chi connectivity index (χ4n) is 2.39. The molecule has 0 spiro atoms. The minimum Gasteiger partial charge on any atom is -0.394 e. The third kappa shape index (κ3) is 3.95. The first kappa shape index (κ1) is 14.8. The normalized spacial score (nSPS) is 21.2. The molecular formula is C15H22N2O3. The molecular weight excluding hydrogens is 256 g/mol. The molecule has 2 rings (SSSR count). The standard InChI is InChI=1S/C15H22N2O3/c1-11(13-7-8-20-10-13)16-15(19)17-14(9-18)12-5-3-2-4-6-12/h2-6,11,13-14,18H,7-10H2,1H3,(H2,16,17,19)/t11-,13-,14-/m1/s1. The number of aliphatic hydroxyl groups excluding tert-OH is 1. The van der Waals surface area contributed by atoms with E-state index >= 15 is 0 Å². The summed E-state index contributed by atoms with van der Waals surface area (Å²) in [7, 11) is 0. The Bertz CT molecular complexity index is 418. The van der Waals surface area contributed by atoms with Gasteiger partial charge in [0, 0.05) is 18.6 Å². The quantitative estimate of drug-likeness (QED) is 0.763. The number of benzene rings is 1. The third-order valence-electron chi connectivity index (χ3n) is 3.72. The van der Waals surface area contributed by atoms with E-state index in [0.717, 1.165) is 18.6 Å². The summed E-state index contributed by atoms with van der Waals surface area (Å²) >= 11 is 0. The van der Waals surface area contributed by atoms with Crippen LogP contribution >= 0.6 is 0 Å². The maximum absolute atomic E-state index is 12.0. The number of amides is 2. The van der Waals surface area contributed by atoms with Crippen LogP contribution in [0.4, 0.5) is 4.79 Å². The molecule has 0 aromatic heterocycles. The first-order chi connectivity index (χ1) is 9.70. The molecule has 1 heterocycles. The van der Waals surface area contributed by atoms with Crippen molar-refractivity contribution in [2.24, 2.45) is 5.92 Å². The second kappa shape index (κ2) is 7.26. The highest BCUT2D eigenvalue weighted by Crippen LogP contribution is 2.16. The van der Waals surface area contributed by atoms with Gasteiger partial charge in [-0.3, -0.25) is 0 Å². The van der Waals surface area contributed by atoms with Gasteiger partial charge in [0.1, 0.15) is 0 Å². The van der Waals surface area contributed by atoms with Crippen LogP contribution in [-0.2, 0) is 4.74 Å². The zero-order chi connectivity index (χ0) is 14.4. The number of nitrogens with one attached hydrogen (secondary N) is 2. The molecule has 20 heavy (non-hydrogen) atoms. The van der Waals surface area contributed by atoms with Crippen LogP contribution in [0, 0.1) is 5.92 Å². The number of carbonyl (C=O) groups is 1. The van der Waals surface area contributed by atoms with Crippen LogP contribution < -0.4 is 10.6 Å². The van der Waals surface area contributed by atoms with E-state index < -0.39 is 0 Å². The Hall–Kier alpha value is -1.59. The van der Waals surface area contributed by atoms with E-state index in [1.807, 2.05) is 37.3 Å². The zero-order valence-corrected chi connectivity index (χ0v) is 11.7. The van der Waals surface area contributed by atoms with Crippen LogP contribution in [0.2, 0.25) is 0 Å². The van der Waals surface area contributed by atoms with E-state index in [1.165, 1.54) is 0 Å². The lowest BCUT2D eigenvalue weighted by Crippen LogP contribution is -2.46. The van der Waals surface area contributed by atoms with E-state index in [0.29, 0.717) is 12.5 Å². The van der Waals surface area contributed by atoms with Crippen LogP contribution in [0.1, 0.15) is 24.9 Å². The van der Waals surface area contributed by atoms with Gasteiger partial charge in [-0.25, -0.2) is 4.79 Å². The van der Waals surface area contributed by atoms with Gasteiger partial charge in [-0.2, -0.15) is 0 Å². The van der Waals surface area contributed by atoms with Crippen molar-refractivity contribution in [2.45, 2.75) is 25.4 Å². The van der Waals surface area contributed by atoms with Crippen molar-refractivity contribution in [1.82, 2.24) is 10.6 Å². The average molecular weight is 278 g/mol. The Balaban J connectivity index is 1.86. The highest BCUT2D eigenvalue weighted by atomic mass is 16.5. The molecule has 5 heteroatoms. The molecule has 1 aromatic rings. The maximum Gasteiger partial charge on any atom is 0.315 e. The summed E-state index contributed by atoms with van der Waals surface area (Å²) in [5.41, 5.74) is 0.891. The number of aliphatic hydroxyl groups is 1. The third-order valence-corrected chi connectivity index (χ3v) is 3.72. The summed E-state index contributed by atoms with van der Waals surface area (Å²) in [6.45, 7) is 3.32. The van der Waals surface area contributed by atoms with E-state index in [4.69, 9.17) is 4.74 Å². The Morgan fingerprint density at radius 3 is 2.75 bits per heavy atom. The second-order valence-electron chi connectivity index (χ2n) is 5.18. The molecule has 3 atom stereocenters. The summed E-state index contributed by atoms with van der Waals surface area (Å²) in [5.74, 6) is 0.366. The predicted molar refractivity (Wildman–Crippen MR) is 76.3 cm³/mol. The minimum atomic E-state index is -0.386. The Labute approximate surface area is 119 Å². The van der Waals surface area contributed by atoms with Gasteiger partial charge in [0.05, 0.1) is 19.3 Å². The Kier molecular flexibility index (Phi) is 5.38. The lowest BCUT2D eigenvalue weighted by Gasteiger charge is -2.22. The largest absolute Gasteiger partial charge is 0.394 e. The van der Waals surface area contributed by atoms with Gasteiger partial charge in [0.2, 0.25) is 0 Å².